The van der Waals surface area contributed by atoms with Crippen LogP contribution in [-0.4, -0.2) is 9.55 Å². The summed E-state index contributed by atoms with van der Waals surface area (Å²) in [5.41, 5.74) is 9.02. The third-order valence-corrected chi connectivity index (χ3v) is 3.49. The molecule has 0 saturated carbocycles. The van der Waals surface area contributed by atoms with Crippen LogP contribution in [0.4, 0.5) is 10.1 Å². The summed E-state index contributed by atoms with van der Waals surface area (Å²) < 4.78 is 15.9. The number of benzene rings is 2. The molecule has 0 aliphatic carbocycles. The van der Waals surface area contributed by atoms with E-state index in [-0.39, 0.29) is 5.82 Å². The molecule has 0 amide bonds. The summed E-state index contributed by atoms with van der Waals surface area (Å²) in [6, 6.07) is 12.5. The normalized spacial score (nSPS) is 11.1. The zero-order valence-corrected chi connectivity index (χ0v) is 11.3. The molecule has 1 aromatic heterocycles. The van der Waals surface area contributed by atoms with E-state index < -0.39 is 0 Å². The molecule has 0 radical (unpaired) electrons. The topological polar surface area (TPSA) is 43.8 Å². The summed E-state index contributed by atoms with van der Waals surface area (Å²) in [7, 11) is 0. The van der Waals surface area contributed by atoms with Crippen molar-refractivity contribution in [2.45, 2.75) is 19.9 Å². The van der Waals surface area contributed by atoms with Crippen LogP contribution in [0.3, 0.4) is 0 Å². The summed E-state index contributed by atoms with van der Waals surface area (Å²) in [6.45, 7) is 2.51. The van der Waals surface area contributed by atoms with Crippen LogP contribution >= 0.6 is 0 Å². The standard InChI is InChI=1S/C16H16FN3/c1-2-15-19-16-13(18)8-5-9-14(16)20(15)10-11-6-3-4-7-12(11)17/h3-9H,2,10,18H2,1H3. The van der Waals surface area contributed by atoms with Gasteiger partial charge in [-0.1, -0.05) is 31.2 Å². The molecule has 2 aromatic carbocycles. The summed E-state index contributed by atoms with van der Waals surface area (Å²) in [4.78, 5) is 4.57. The van der Waals surface area contributed by atoms with E-state index in [0.29, 0.717) is 17.8 Å². The first-order valence-electron chi connectivity index (χ1n) is 6.67. The number of hydrogen-bond acceptors (Lipinski definition) is 2. The Morgan fingerprint density at radius 2 is 1.95 bits per heavy atom. The van der Waals surface area contributed by atoms with Crippen LogP contribution in [0.1, 0.15) is 18.3 Å². The largest absolute Gasteiger partial charge is 0.397 e. The maximum Gasteiger partial charge on any atom is 0.128 e. The minimum Gasteiger partial charge on any atom is -0.397 e. The first kappa shape index (κ1) is 12.7. The second-order valence-electron chi connectivity index (χ2n) is 4.77. The number of anilines is 1. The maximum atomic E-state index is 13.8. The highest BCUT2D eigenvalue weighted by Gasteiger charge is 2.12. The number of halogens is 1. The van der Waals surface area contributed by atoms with Crippen LogP contribution < -0.4 is 5.73 Å². The molecule has 3 rings (SSSR count). The van der Waals surface area contributed by atoms with Gasteiger partial charge in [-0.05, 0) is 18.2 Å². The minimum absolute atomic E-state index is 0.194. The lowest BCUT2D eigenvalue weighted by molar-refractivity contribution is 0.598. The number of fused-ring (bicyclic) bond motifs is 1. The van der Waals surface area contributed by atoms with Crippen LogP contribution in [0.2, 0.25) is 0 Å². The Bertz CT molecular complexity index is 762. The van der Waals surface area contributed by atoms with E-state index in [2.05, 4.69) is 4.98 Å². The van der Waals surface area contributed by atoms with Gasteiger partial charge in [0.15, 0.2) is 0 Å². The first-order valence-corrected chi connectivity index (χ1v) is 6.67. The molecule has 20 heavy (non-hydrogen) atoms. The maximum absolute atomic E-state index is 13.8. The van der Waals surface area contributed by atoms with Gasteiger partial charge in [0.2, 0.25) is 0 Å². The Balaban J connectivity index is 2.15. The molecule has 0 aliphatic rings. The van der Waals surface area contributed by atoms with Crippen molar-refractivity contribution >= 4 is 16.7 Å². The van der Waals surface area contributed by atoms with Gasteiger partial charge in [0, 0.05) is 12.0 Å². The number of imidazole rings is 1. The van der Waals surface area contributed by atoms with Crippen LogP contribution in [-0.2, 0) is 13.0 Å². The van der Waals surface area contributed by atoms with E-state index in [9.17, 15) is 4.39 Å². The molecule has 0 fully saturated rings. The van der Waals surface area contributed by atoms with Gasteiger partial charge >= 0.3 is 0 Å². The van der Waals surface area contributed by atoms with Crippen molar-refractivity contribution in [3.05, 3.63) is 59.7 Å². The minimum atomic E-state index is -0.194. The molecule has 3 aromatic rings. The lowest BCUT2D eigenvalue weighted by Gasteiger charge is -2.09. The Labute approximate surface area is 116 Å². The van der Waals surface area contributed by atoms with Crippen LogP contribution in [0.25, 0.3) is 11.0 Å². The Morgan fingerprint density at radius 3 is 2.70 bits per heavy atom. The van der Waals surface area contributed by atoms with Crippen LogP contribution in [0.5, 0.6) is 0 Å². The predicted molar refractivity (Wildman–Crippen MR) is 79.0 cm³/mol. The second kappa shape index (κ2) is 4.96. The van der Waals surface area contributed by atoms with Crippen molar-refractivity contribution < 1.29 is 4.39 Å². The number of hydrogen-bond donors (Lipinski definition) is 1. The summed E-state index contributed by atoms with van der Waals surface area (Å²) in [5, 5.41) is 0. The highest BCUT2D eigenvalue weighted by atomic mass is 19.1. The molecule has 0 bridgehead atoms. The highest BCUT2D eigenvalue weighted by molar-refractivity contribution is 5.87. The van der Waals surface area contributed by atoms with Gasteiger partial charge in [-0.2, -0.15) is 0 Å². The predicted octanol–water partition coefficient (Wildman–Crippen LogP) is 3.37. The Kier molecular flexibility index (Phi) is 3.14. The summed E-state index contributed by atoms with van der Waals surface area (Å²) >= 11 is 0. The molecule has 3 nitrogen and oxygen atoms in total. The average molecular weight is 269 g/mol. The zero-order valence-electron chi connectivity index (χ0n) is 11.3. The molecule has 0 aliphatic heterocycles. The van der Waals surface area contributed by atoms with Crippen molar-refractivity contribution in [3.8, 4) is 0 Å². The van der Waals surface area contributed by atoms with E-state index in [1.807, 2.05) is 35.8 Å². The average Bonchev–Trinajstić information content (AvgIpc) is 2.81. The number of para-hydroxylation sites is 1. The van der Waals surface area contributed by atoms with Gasteiger partial charge in [0.1, 0.15) is 17.2 Å². The van der Waals surface area contributed by atoms with Crippen LogP contribution in [0, 0.1) is 5.82 Å². The van der Waals surface area contributed by atoms with Gasteiger partial charge in [0.25, 0.3) is 0 Å². The monoisotopic (exact) mass is 269 g/mol. The van der Waals surface area contributed by atoms with Crippen molar-refractivity contribution in [2.75, 3.05) is 5.73 Å². The lowest BCUT2D eigenvalue weighted by atomic mass is 10.2. The number of nitrogens with zero attached hydrogens (tertiary/aromatic N) is 2. The Morgan fingerprint density at radius 1 is 1.15 bits per heavy atom. The van der Waals surface area contributed by atoms with Crippen molar-refractivity contribution in [1.82, 2.24) is 9.55 Å². The van der Waals surface area contributed by atoms with Gasteiger partial charge in [-0.3, -0.25) is 0 Å². The van der Waals surface area contributed by atoms with Crippen molar-refractivity contribution in [2.24, 2.45) is 0 Å². The molecule has 0 saturated heterocycles. The van der Waals surface area contributed by atoms with Gasteiger partial charge in [-0.15, -0.1) is 0 Å². The number of nitrogen functional groups attached to an aromatic ring is 1. The summed E-state index contributed by atoms with van der Waals surface area (Å²) in [6.07, 6.45) is 0.780. The lowest BCUT2D eigenvalue weighted by Crippen LogP contribution is -2.05. The van der Waals surface area contributed by atoms with Gasteiger partial charge in [-0.25, -0.2) is 9.37 Å². The quantitative estimate of drug-likeness (QED) is 0.741. The van der Waals surface area contributed by atoms with E-state index in [1.165, 1.54) is 6.07 Å². The zero-order chi connectivity index (χ0) is 14.1. The van der Waals surface area contributed by atoms with Crippen molar-refractivity contribution in [3.63, 3.8) is 0 Å². The molecule has 0 spiro atoms. The van der Waals surface area contributed by atoms with E-state index in [4.69, 9.17) is 5.73 Å². The third kappa shape index (κ3) is 2.03. The SMILES string of the molecule is CCc1nc2c(N)cccc2n1Cc1ccccc1F. The van der Waals surface area contributed by atoms with E-state index >= 15 is 0 Å². The smallest absolute Gasteiger partial charge is 0.128 e. The number of rotatable bonds is 3. The molecule has 102 valence electrons. The molecular formula is C16H16FN3. The fourth-order valence-corrected chi connectivity index (χ4v) is 2.46. The van der Waals surface area contributed by atoms with E-state index in [1.54, 1.807) is 12.1 Å². The first-order chi connectivity index (χ1) is 9.70. The van der Waals surface area contributed by atoms with Crippen molar-refractivity contribution in [1.29, 1.82) is 0 Å². The number of aryl methyl sites for hydroxylation is 1. The van der Waals surface area contributed by atoms with Gasteiger partial charge < -0.3 is 10.3 Å². The third-order valence-electron chi connectivity index (χ3n) is 3.49. The molecule has 1 heterocycles. The second-order valence-corrected chi connectivity index (χ2v) is 4.77. The van der Waals surface area contributed by atoms with E-state index in [0.717, 1.165) is 23.3 Å². The highest BCUT2D eigenvalue weighted by Crippen LogP contribution is 2.23. The Hall–Kier alpha value is -2.36. The molecular weight excluding hydrogens is 253 g/mol. The molecule has 0 unspecified atom stereocenters. The molecule has 2 N–H and O–H groups in total. The fourth-order valence-electron chi connectivity index (χ4n) is 2.46. The number of aromatic nitrogens is 2. The molecule has 4 heteroatoms. The number of nitrogens with two attached hydrogens (primary N) is 1. The van der Waals surface area contributed by atoms with Crippen LogP contribution in [0.15, 0.2) is 42.5 Å². The van der Waals surface area contributed by atoms with Gasteiger partial charge in [0.05, 0.1) is 17.7 Å². The fraction of sp³-hybridized carbons (Fsp3) is 0.188. The molecule has 0 atom stereocenters. The summed E-state index contributed by atoms with van der Waals surface area (Å²) in [5.74, 6) is 0.724.